The van der Waals surface area contributed by atoms with E-state index in [-0.39, 0.29) is 23.7 Å². The first-order valence-electron chi connectivity index (χ1n) is 6.78. The van der Waals surface area contributed by atoms with Crippen LogP contribution in [0.1, 0.15) is 15.9 Å². The van der Waals surface area contributed by atoms with Gasteiger partial charge in [-0.2, -0.15) is 0 Å². The second-order valence-electron chi connectivity index (χ2n) is 4.69. The average Bonchev–Trinajstić information content (AvgIpc) is 2.58. The highest BCUT2D eigenvalue weighted by Gasteiger charge is 2.25. The number of rotatable bonds is 6. The first kappa shape index (κ1) is 17.7. The van der Waals surface area contributed by atoms with Crippen molar-refractivity contribution in [3.05, 3.63) is 62.1 Å². The van der Waals surface area contributed by atoms with Gasteiger partial charge in [-0.05, 0) is 17.7 Å². The Balaban J connectivity index is 2.28. The van der Waals surface area contributed by atoms with E-state index < -0.39 is 16.6 Å². The number of hydrogen-bond acceptors (Lipinski definition) is 6. The van der Waals surface area contributed by atoms with Crippen molar-refractivity contribution < 1.29 is 23.9 Å². The van der Waals surface area contributed by atoms with Crippen LogP contribution in [0.3, 0.4) is 0 Å². The minimum Gasteiger partial charge on any atom is -0.493 e. The molecule has 8 heteroatoms. The second kappa shape index (κ2) is 7.78. The summed E-state index contributed by atoms with van der Waals surface area (Å²) in [5, 5.41) is 11.2. The SMILES string of the molecule is COc1cc(C(=O)OCc2cccc(Br)c2)c([N+](=O)[O-])cc1OC. The molecule has 0 atom stereocenters. The van der Waals surface area contributed by atoms with Crippen molar-refractivity contribution >= 4 is 27.6 Å². The average molecular weight is 396 g/mol. The van der Waals surface area contributed by atoms with E-state index in [0.29, 0.717) is 0 Å². The predicted octanol–water partition coefficient (Wildman–Crippen LogP) is 3.73. The molecule has 0 aliphatic heterocycles. The van der Waals surface area contributed by atoms with Gasteiger partial charge in [-0.25, -0.2) is 4.79 Å². The molecule has 2 aromatic carbocycles. The number of ether oxygens (including phenoxy) is 3. The minimum atomic E-state index is -0.817. The normalized spacial score (nSPS) is 10.1. The summed E-state index contributed by atoms with van der Waals surface area (Å²) in [4.78, 5) is 22.8. The molecular weight excluding hydrogens is 382 g/mol. The molecule has 0 bridgehead atoms. The van der Waals surface area contributed by atoms with Crippen LogP contribution in [0.2, 0.25) is 0 Å². The topological polar surface area (TPSA) is 87.9 Å². The van der Waals surface area contributed by atoms with Gasteiger partial charge in [-0.1, -0.05) is 28.1 Å². The van der Waals surface area contributed by atoms with Crippen LogP contribution in [0.25, 0.3) is 0 Å². The van der Waals surface area contributed by atoms with Crippen LogP contribution in [-0.2, 0) is 11.3 Å². The van der Waals surface area contributed by atoms with Gasteiger partial charge in [0.15, 0.2) is 11.5 Å². The van der Waals surface area contributed by atoms with E-state index in [0.717, 1.165) is 16.1 Å². The number of nitrogens with zero attached hydrogens (tertiary/aromatic N) is 1. The Morgan fingerprint density at radius 1 is 1.17 bits per heavy atom. The zero-order chi connectivity index (χ0) is 17.7. The number of nitro benzene ring substituents is 1. The van der Waals surface area contributed by atoms with Crippen molar-refractivity contribution in [1.82, 2.24) is 0 Å². The zero-order valence-corrected chi connectivity index (χ0v) is 14.5. The quantitative estimate of drug-likeness (QED) is 0.420. The number of esters is 1. The van der Waals surface area contributed by atoms with Crippen LogP contribution in [-0.4, -0.2) is 25.1 Å². The van der Waals surface area contributed by atoms with Gasteiger partial charge < -0.3 is 14.2 Å². The Morgan fingerprint density at radius 3 is 2.42 bits per heavy atom. The maximum atomic E-state index is 12.3. The number of carbonyl (C=O) groups excluding carboxylic acids is 1. The molecule has 0 spiro atoms. The van der Waals surface area contributed by atoms with Crippen LogP contribution in [0.15, 0.2) is 40.9 Å². The van der Waals surface area contributed by atoms with E-state index >= 15 is 0 Å². The number of halogens is 1. The summed E-state index contributed by atoms with van der Waals surface area (Å²) in [7, 11) is 2.73. The molecule has 0 heterocycles. The fourth-order valence-corrected chi connectivity index (χ4v) is 2.48. The Labute approximate surface area is 146 Å². The van der Waals surface area contributed by atoms with Crippen molar-refractivity contribution in [3.8, 4) is 11.5 Å². The molecule has 0 unspecified atom stereocenters. The van der Waals surface area contributed by atoms with Crippen LogP contribution >= 0.6 is 15.9 Å². The summed E-state index contributed by atoms with van der Waals surface area (Å²) in [6.07, 6.45) is 0. The number of carbonyl (C=O) groups is 1. The molecule has 0 amide bonds. The Kier molecular flexibility index (Phi) is 5.75. The third-order valence-electron chi connectivity index (χ3n) is 3.18. The van der Waals surface area contributed by atoms with E-state index in [1.54, 1.807) is 18.2 Å². The first-order valence-corrected chi connectivity index (χ1v) is 7.57. The smallest absolute Gasteiger partial charge is 0.345 e. The highest BCUT2D eigenvalue weighted by Crippen LogP contribution is 2.34. The maximum absolute atomic E-state index is 12.3. The van der Waals surface area contributed by atoms with Gasteiger partial charge in [0.1, 0.15) is 12.2 Å². The molecule has 0 aromatic heterocycles. The molecular formula is C16H14BrNO6. The summed E-state index contributed by atoms with van der Waals surface area (Å²) in [6.45, 7) is -0.0101. The summed E-state index contributed by atoms with van der Waals surface area (Å²) in [5.41, 5.74) is 0.139. The van der Waals surface area contributed by atoms with Gasteiger partial charge in [-0.15, -0.1) is 0 Å². The molecule has 24 heavy (non-hydrogen) atoms. The number of benzene rings is 2. The van der Waals surface area contributed by atoms with Crippen molar-refractivity contribution in [2.75, 3.05) is 14.2 Å². The number of nitro groups is 1. The molecule has 0 fully saturated rings. The van der Waals surface area contributed by atoms with Gasteiger partial charge in [0.05, 0.1) is 25.2 Å². The van der Waals surface area contributed by atoms with Crippen LogP contribution in [0, 0.1) is 10.1 Å². The lowest BCUT2D eigenvalue weighted by molar-refractivity contribution is -0.385. The predicted molar refractivity (Wildman–Crippen MR) is 89.5 cm³/mol. The Bertz CT molecular complexity index is 777. The van der Waals surface area contributed by atoms with E-state index in [1.807, 2.05) is 6.07 Å². The van der Waals surface area contributed by atoms with Gasteiger partial charge in [-0.3, -0.25) is 10.1 Å². The zero-order valence-electron chi connectivity index (χ0n) is 12.9. The summed E-state index contributed by atoms with van der Waals surface area (Å²) < 4.78 is 16.1. The molecule has 0 saturated carbocycles. The molecule has 2 rings (SSSR count). The molecule has 0 aliphatic carbocycles. The Morgan fingerprint density at radius 2 is 1.83 bits per heavy atom. The number of methoxy groups -OCH3 is 2. The highest BCUT2D eigenvalue weighted by atomic mass is 79.9. The molecule has 0 aliphatic rings. The minimum absolute atomic E-state index is 0.0101. The summed E-state index contributed by atoms with van der Waals surface area (Å²) in [6, 6.07) is 9.57. The fourth-order valence-electron chi connectivity index (χ4n) is 2.04. The third-order valence-corrected chi connectivity index (χ3v) is 3.67. The summed E-state index contributed by atoms with van der Waals surface area (Å²) >= 11 is 3.32. The van der Waals surface area contributed by atoms with Crippen LogP contribution in [0.5, 0.6) is 11.5 Å². The van der Waals surface area contributed by atoms with Crippen molar-refractivity contribution in [3.63, 3.8) is 0 Å². The molecule has 0 N–H and O–H groups in total. The largest absolute Gasteiger partial charge is 0.493 e. The van der Waals surface area contributed by atoms with Gasteiger partial charge in [0, 0.05) is 10.5 Å². The van der Waals surface area contributed by atoms with Crippen molar-refractivity contribution in [2.45, 2.75) is 6.61 Å². The summed E-state index contributed by atoms with van der Waals surface area (Å²) in [5.74, 6) is -0.451. The van der Waals surface area contributed by atoms with E-state index in [1.165, 1.54) is 20.3 Å². The van der Waals surface area contributed by atoms with Crippen molar-refractivity contribution in [2.24, 2.45) is 0 Å². The fraction of sp³-hybridized carbons (Fsp3) is 0.188. The van der Waals surface area contributed by atoms with Crippen LogP contribution < -0.4 is 9.47 Å². The lowest BCUT2D eigenvalue weighted by Gasteiger charge is -2.10. The van der Waals surface area contributed by atoms with E-state index in [9.17, 15) is 14.9 Å². The standard InChI is InChI=1S/C16H14BrNO6/c1-22-14-7-12(13(18(20)21)8-15(14)23-2)16(19)24-9-10-4-3-5-11(17)6-10/h3-8H,9H2,1-2H3. The van der Waals surface area contributed by atoms with Gasteiger partial charge in [0.2, 0.25) is 0 Å². The first-order chi connectivity index (χ1) is 11.5. The van der Waals surface area contributed by atoms with E-state index in [2.05, 4.69) is 15.9 Å². The third kappa shape index (κ3) is 4.02. The second-order valence-corrected chi connectivity index (χ2v) is 5.60. The Hall–Kier alpha value is -2.61. The molecule has 2 aromatic rings. The van der Waals surface area contributed by atoms with Gasteiger partial charge >= 0.3 is 5.97 Å². The van der Waals surface area contributed by atoms with Gasteiger partial charge in [0.25, 0.3) is 5.69 Å². The molecule has 0 saturated heterocycles. The maximum Gasteiger partial charge on any atom is 0.345 e. The lowest BCUT2D eigenvalue weighted by Crippen LogP contribution is -2.09. The number of hydrogen-bond donors (Lipinski definition) is 0. The van der Waals surface area contributed by atoms with Crippen LogP contribution in [0.4, 0.5) is 5.69 Å². The molecule has 0 radical (unpaired) electrons. The lowest BCUT2D eigenvalue weighted by atomic mass is 10.1. The molecule has 7 nitrogen and oxygen atoms in total. The van der Waals surface area contributed by atoms with Crippen molar-refractivity contribution in [1.29, 1.82) is 0 Å². The monoisotopic (exact) mass is 395 g/mol. The highest BCUT2D eigenvalue weighted by molar-refractivity contribution is 9.10. The van der Waals surface area contributed by atoms with E-state index in [4.69, 9.17) is 14.2 Å². The molecule has 126 valence electrons.